The number of hydrogen-bond donors (Lipinski definition) is 1. The van der Waals surface area contributed by atoms with Crippen LogP contribution in [0.3, 0.4) is 0 Å². The standard InChI is InChI=1S/C51H38N3O.Pt/c1-30-25-32(3)50(33(4)26-30)54-45-28-31(2)27-44(49(45)53-51(54)42-19-9-10-21-46(42)55)43-29-35(36-20-11-13-34-14-12-24-52-48(34)36)22-23-41(43)47-39-17-7-5-15-37(39)38-16-6-8-18-40(38)47;/h5-28,47,55H,1-4H3;/q-1;. The third kappa shape index (κ3) is 5.62. The fourth-order valence-electron chi connectivity index (χ4n) is 9.04. The largest absolute Gasteiger partial charge is 0.507 e. The van der Waals surface area contributed by atoms with E-state index in [4.69, 9.17) is 9.97 Å². The van der Waals surface area contributed by atoms with Crippen LogP contribution in [0, 0.1) is 33.8 Å². The molecule has 1 aliphatic rings. The Morgan fingerprint density at radius 3 is 1.91 bits per heavy atom. The Morgan fingerprint density at radius 2 is 1.20 bits per heavy atom. The molecule has 0 fully saturated rings. The number of phenolic OH excluding ortho intramolecular Hbond substituents is 1. The van der Waals surface area contributed by atoms with E-state index in [1.807, 2.05) is 30.5 Å². The van der Waals surface area contributed by atoms with Crippen molar-refractivity contribution in [2.75, 3.05) is 0 Å². The fraction of sp³-hybridized carbons (Fsp3) is 0.0980. The molecule has 7 aromatic carbocycles. The van der Waals surface area contributed by atoms with Crippen LogP contribution in [0.1, 0.15) is 44.9 Å². The van der Waals surface area contributed by atoms with Crippen molar-refractivity contribution in [3.05, 3.63) is 191 Å². The number of aromatic hydroxyl groups is 1. The molecule has 2 aromatic heterocycles. The zero-order valence-corrected chi connectivity index (χ0v) is 33.8. The SMILES string of the molecule is Cc1cc(C)c(-n2c(-c3ccccc3O)nc3c(-c4[c-]c(-c5cccc6cccnc56)ccc4C4c5ccccc5-c5ccccc54)cc(C)cc32)c(C)c1.[Pt]. The molecular weight excluding hydrogens is 866 g/mol. The van der Waals surface area contributed by atoms with E-state index in [9.17, 15) is 5.11 Å². The maximum atomic E-state index is 11.3. The minimum atomic E-state index is -0.00443. The van der Waals surface area contributed by atoms with Gasteiger partial charge in [0.25, 0.3) is 0 Å². The molecule has 1 aliphatic carbocycles. The Labute approximate surface area is 341 Å². The summed E-state index contributed by atoms with van der Waals surface area (Å²) in [5.74, 6) is 0.884. The topological polar surface area (TPSA) is 50.9 Å². The third-order valence-electron chi connectivity index (χ3n) is 11.2. The van der Waals surface area contributed by atoms with Crippen LogP contribution in [-0.4, -0.2) is 19.6 Å². The van der Waals surface area contributed by atoms with E-state index < -0.39 is 0 Å². The molecule has 0 saturated heterocycles. The molecule has 4 nitrogen and oxygen atoms in total. The third-order valence-corrected chi connectivity index (χ3v) is 11.2. The van der Waals surface area contributed by atoms with E-state index in [-0.39, 0.29) is 32.7 Å². The Kier molecular flexibility index (Phi) is 8.83. The monoisotopic (exact) mass is 903 g/mol. The molecule has 0 bridgehead atoms. The van der Waals surface area contributed by atoms with Crippen LogP contribution in [-0.2, 0) is 21.1 Å². The number of benzene rings is 7. The molecule has 0 amide bonds. The van der Waals surface area contributed by atoms with Gasteiger partial charge in [-0.25, -0.2) is 4.98 Å². The van der Waals surface area contributed by atoms with Crippen molar-refractivity contribution >= 4 is 21.9 Å². The molecule has 9 aromatic rings. The number of imidazole rings is 1. The van der Waals surface area contributed by atoms with Crippen LogP contribution >= 0.6 is 0 Å². The van der Waals surface area contributed by atoms with Crippen LogP contribution in [0.2, 0.25) is 0 Å². The van der Waals surface area contributed by atoms with E-state index in [0.717, 1.165) is 66.6 Å². The maximum absolute atomic E-state index is 11.3. The predicted octanol–water partition coefficient (Wildman–Crippen LogP) is 12.5. The summed E-state index contributed by atoms with van der Waals surface area (Å²) in [7, 11) is 0. The maximum Gasteiger partial charge on any atom is 0.148 e. The molecule has 0 aliphatic heterocycles. The molecule has 0 radical (unpaired) electrons. The number of phenols is 1. The number of para-hydroxylation sites is 2. The Morgan fingerprint density at radius 1 is 0.571 bits per heavy atom. The Balaban J connectivity index is 0.00000410. The minimum Gasteiger partial charge on any atom is -0.507 e. The van der Waals surface area contributed by atoms with Crippen molar-refractivity contribution < 1.29 is 26.2 Å². The molecule has 10 rings (SSSR count). The van der Waals surface area contributed by atoms with Gasteiger partial charge in [0.1, 0.15) is 11.6 Å². The van der Waals surface area contributed by atoms with Gasteiger partial charge in [0.15, 0.2) is 0 Å². The van der Waals surface area contributed by atoms with Gasteiger partial charge in [-0.05, 0) is 90.7 Å². The number of aryl methyl sites for hydroxylation is 4. The first-order valence-corrected chi connectivity index (χ1v) is 18.8. The smallest absolute Gasteiger partial charge is 0.148 e. The van der Waals surface area contributed by atoms with Gasteiger partial charge in [-0.3, -0.25) is 9.55 Å². The minimum absolute atomic E-state index is 0. The molecule has 56 heavy (non-hydrogen) atoms. The number of aromatic nitrogens is 3. The van der Waals surface area contributed by atoms with Gasteiger partial charge in [-0.2, -0.15) is 0 Å². The summed E-state index contributed by atoms with van der Waals surface area (Å²) in [6.07, 6.45) is 1.86. The first-order chi connectivity index (χ1) is 26.9. The van der Waals surface area contributed by atoms with Gasteiger partial charge in [0, 0.05) is 38.7 Å². The summed E-state index contributed by atoms with van der Waals surface area (Å²) in [5.41, 5.74) is 19.4. The van der Waals surface area contributed by atoms with Gasteiger partial charge >= 0.3 is 0 Å². The van der Waals surface area contributed by atoms with Crippen LogP contribution < -0.4 is 0 Å². The number of fused-ring (bicyclic) bond motifs is 5. The summed E-state index contributed by atoms with van der Waals surface area (Å²) in [6, 6.07) is 53.0. The van der Waals surface area contributed by atoms with Crippen molar-refractivity contribution in [2.24, 2.45) is 0 Å². The summed E-state index contributed by atoms with van der Waals surface area (Å²) in [6.45, 7) is 8.62. The average molecular weight is 904 g/mol. The molecule has 2 heterocycles. The van der Waals surface area contributed by atoms with E-state index in [1.54, 1.807) is 6.07 Å². The molecule has 1 N–H and O–H groups in total. The van der Waals surface area contributed by atoms with Crippen molar-refractivity contribution in [1.82, 2.24) is 14.5 Å². The first kappa shape index (κ1) is 35.6. The first-order valence-electron chi connectivity index (χ1n) is 18.8. The van der Waals surface area contributed by atoms with Crippen molar-refractivity contribution in [3.63, 3.8) is 0 Å². The molecule has 0 saturated carbocycles. The summed E-state index contributed by atoms with van der Waals surface area (Å²) in [4.78, 5) is 10.4. The van der Waals surface area contributed by atoms with Crippen molar-refractivity contribution in [2.45, 2.75) is 33.6 Å². The van der Waals surface area contributed by atoms with Gasteiger partial charge in [0.2, 0.25) is 0 Å². The quantitative estimate of drug-likeness (QED) is 0.175. The van der Waals surface area contributed by atoms with Crippen molar-refractivity contribution in [1.29, 1.82) is 0 Å². The van der Waals surface area contributed by atoms with E-state index in [1.165, 1.54) is 33.4 Å². The molecule has 5 heteroatoms. The summed E-state index contributed by atoms with van der Waals surface area (Å²) >= 11 is 0. The van der Waals surface area contributed by atoms with E-state index in [0.29, 0.717) is 11.4 Å². The van der Waals surface area contributed by atoms with Crippen molar-refractivity contribution in [3.8, 4) is 56.2 Å². The molecule has 0 atom stereocenters. The number of pyridine rings is 1. The Bertz CT molecular complexity index is 2940. The number of rotatable bonds is 5. The second kappa shape index (κ2) is 13.9. The zero-order chi connectivity index (χ0) is 37.4. The number of nitrogens with zero attached hydrogens (tertiary/aromatic N) is 3. The van der Waals surface area contributed by atoms with Crippen LogP contribution in [0.4, 0.5) is 0 Å². The predicted molar refractivity (Wildman–Crippen MR) is 225 cm³/mol. The van der Waals surface area contributed by atoms with Gasteiger partial charge < -0.3 is 5.11 Å². The second-order valence-electron chi connectivity index (χ2n) is 14.9. The van der Waals surface area contributed by atoms with E-state index >= 15 is 0 Å². The second-order valence-corrected chi connectivity index (χ2v) is 14.9. The van der Waals surface area contributed by atoms with Gasteiger partial charge in [-0.1, -0.05) is 131 Å². The van der Waals surface area contributed by atoms with Gasteiger partial charge in [-0.15, -0.1) is 29.3 Å². The van der Waals surface area contributed by atoms with Crippen LogP contribution in [0.5, 0.6) is 5.75 Å². The molecular formula is C51H38N3OPt-. The zero-order valence-electron chi connectivity index (χ0n) is 31.5. The normalized spacial score (nSPS) is 12.1. The van der Waals surface area contributed by atoms with Crippen LogP contribution in [0.25, 0.3) is 72.4 Å². The Hall–Kier alpha value is -6.09. The molecule has 274 valence electrons. The fourth-order valence-corrected chi connectivity index (χ4v) is 9.04. The van der Waals surface area contributed by atoms with Crippen LogP contribution in [0.15, 0.2) is 146 Å². The molecule has 0 unspecified atom stereocenters. The number of hydrogen-bond acceptors (Lipinski definition) is 3. The van der Waals surface area contributed by atoms with E-state index in [2.05, 4.69) is 148 Å². The summed E-state index contributed by atoms with van der Waals surface area (Å²) in [5, 5.41) is 12.4. The molecule has 0 spiro atoms. The average Bonchev–Trinajstić information content (AvgIpc) is 3.73. The van der Waals surface area contributed by atoms with Gasteiger partial charge in [0.05, 0.1) is 22.3 Å². The summed E-state index contributed by atoms with van der Waals surface area (Å²) < 4.78 is 2.25.